The first-order valence-corrected chi connectivity index (χ1v) is 9.73. The Labute approximate surface area is 177 Å². The van der Waals surface area contributed by atoms with Crippen molar-refractivity contribution in [2.75, 3.05) is 0 Å². The summed E-state index contributed by atoms with van der Waals surface area (Å²) in [6, 6.07) is 23.0. The topological polar surface area (TPSA) is 110 Å². The molecule has 1 amide bonds. The predicted octanol–water partition coefficient (Wildman–Crippen LogP) is 4.10. The van der Waals surface area contributed by atoms with Crippen molar-refractivity contribution in [1.29, 1.82) is 0 Å². The van der Waals surface area contributed by atoms with Gasteiger partial charge in [-0.3, -0.25) is 9.48 Å². The quantitative estimate of drug-likeness (QED) is 0.415. The highest BCUT2D eigenvalue weighted by Gasteiger charge is 2.21. The molecule has 0 atom stereocenters. The summed E-state index contributed by atoms with van der Waals surface area (Å²) in [7, 11) is 1.75. The van der Waals surface area contributed by atoms with Gasteiger partial charge in [0.25, 0.3) is 0 Å². The van der Waals surface area contributed by atoms with Gasteiger partial charge in [-0.1, -0.05) is 54.6 Å². The number of benzene rings is 3. The predicted molar refractivity (Wildman–Crippen MR) is 119 cm³/mol. The number of aromatic nitrogens is 4. The van der Waals surface area contributed by atoms with E-state index in [1.165, 1.54) is 0 Å². The summed E-state index contributed by atoms with van der Waals surface area (Å²) >= 11 is 0. The molecule has 4 N–H and O–H groups in total. The van der Waals surface area contributed by atoms with Crippen LogP contribution in [0.3, 0.4) is 0 Å². The molecule has 7 heteroatoms. The minimum absolute atomic E-state index is 0.0316. The fourth-order valence-electron chi connectivity index (χ4n) is 3.70. The van der Waals surface area contributed by atoms with Crippen molar-refractivity contribution in [2.24, 2.45) is 12.8 Å². The zero-order chi connectivity index (χ0) is 21.5. The number of carbonyl (C=O) groups excluding carboxylic acids is 1. The van der Waals surface area contributed by atoms with Crippen LogP contribution in [0.5, 0.6) is 5.75 Å². The van der Waals surface area contributed by atoms with Gasteiger partial charge in [-0.2, -0.15) is 5.10 Å². The van der Waals surface area contributed by atoms with E-state index in [1.54, 1.807) is 29.9 Å². The Kier molecular flexibility index (Phi) is 4.29. The van der Waals surface area contributed by atoms with Crippen molar-refractivity contribution in [3.63, 3.8) is 0 Å². The third-order valence-electron chi connectivity index (χ3n) is 5.28. The molecule has 0 aliphatic heterocycles. The number of nitrogens with one attached hydrogen (secondary N) is 1. The molecule has 0 unspecified atom stereocenters. The third kappa shape index (κ3) is 3.22. The van der Waals surface area contributed by atoms with E-state index in [-0.39, 0.29) is 5.75 Å². The zero-order valence-electron chi connectivity index (χ0n) is 16.7. The van der Waals surface area contributed by atoms with Gasteiger partial charge in [-0.05, 0) is 29.3 Å². The smallest absolute Gasteiger partial charge is 0.248 e. The lowest BCUT2D eigenvalue weighted by molar-refractivity contribution is 0.100. The van der Waals surface area contributed by atoms with Crippen molar-refractivity contribution in [3.8, 4) is 39.7 Å². The number of nitrogens with two attached hydrogens (primary N) is 1. The van der Waals surface area contributed by atoms with Gasteiger partial charge in [0.2, 0.25) is 5.91 Å². The normalized spacial score (nSPS) is 11.1. The van der Waals surface area contributed by atoms with E-state index in [0.717, 1.165) is 16.7 Å². The molecule has 2 heterocycles. The Hall–Kier alpha value is -4.39. The molecule has 3 aromatic carbocycles. The van der Waals surface area contributed by atoms with Crippen molar-refractivity contribution in [1.82, 2.24) is 19.7 Å². The largest absolute Gasteiger partial charge is 0.504 e. The standard InChI is InChI=1S/C24H19N5O2/c1-29-21(24-26-18-12-11-17(23(25)31)13-19(18)27-24)22(30)20(28-29)16-9-7-15(8-10-16)14-5-3-2-4-6-14/h2-13,30H,1H3,(H2,25,31)(H,26,27). The Morgan fingerprint density at radius 1 is 0.968 bits per heavy atom. The number of fused-ring (bicyclic) bond motifs is 1. The monoisotopic (exact) mass is 409 g/mol. The highest BCUT2D eigenvalue weighted by Crippen LogP contribution is 2.37. The Balaban J connectivity index is 1.54. The second-order valence-electron chi connectivity index (χ2n) is 7.29. The number of rotatable bonds is 4. The molecule has 0 radical (unpaired) electrons. The number of H-pyrrole nitrogens is 1. The molecule has 0 bridgehead atoms. The van der Waals surface area contributed by atoms with Gasteiger partial charge in [0.1, 0.15) is 11.4 Å². The van der Waals surface area contributed by atoms with Gasteiger partial charge in [0.15, 0.2) is 11.6 Å². The molecule has 0 fully saturated rings. The number of carbonyl (C=O) groups is 1. The summed E-state index contributed by atoms with van der Waals surface area (Å²) in [6.45, 7) is 0. The lowest BCUT2D eigenvalue weighted by Crippen LogP contribution is -2.10. The summed E-state index contributed by atoms with van der Waals surface area (Å²) in [5, 5.41) is 15.5. The van der Waals surface area contributed by atoms with Crippen LogP contribution < -0.4 is 5.73 Å². The number of aromatic amines is 1. The molecule has 0 saturated carbocycles. The van der Waals surface area contributed by atoms with Crippen LogP contribution in [0.15, 0.2) is 72.8 Å². The summed E-state index contributed by atoms with van der Waals surface area (Å²) < 4.78 is 1.59. The molecular formula is C24H19N5O2. The van der Waals surface area contributed by atoms with Crippen LogP contribution >= 0.6 is 0 Å². The van der Waals surface area contributed by atoms with Gasteiger partial charge in [0, 0.05) is 18.2 Å². The Bertz CT molecular complexity index is 1420. The molecule has 0 aliphatic rings. The van der Waals surface area contributed by atoms with E-state index in [4.69, 9.17) is 5.73 Å². The van der Waals surface area contributed by atoms with Gasteiger partial charge >= 0.3 is 0 Å². The maximum atomic E-state index is 11.4. The van der Waals surface area contributed by atoms with E-state index in [0.29, 0.717) is 33.8 Å². The minimum atomic E-state index is -0.511. The van der Waals surface area contributed by atoms with Crippen LogP contribution in [0.2, 0.25) is 0 Å². The molecule has 0 spiro atoms. The second kappa shape index (κ2) is 7.14. The van der Waals surface area contributed by atoms with Gasteiger partial charge in [-0.15, -0.1) is 0 Å². The zero-order valence-corrected chi connectivity index (χ0v) is 16.7. The number of imidazole rings is 1. The maximum Gasteiger partial charge on any atom is 0.248 e. The SMILES string of the molecule is Cn1nc(-c2ccc(-c3ccccc3)cc2)c(O)c1-c1nc2ccc(C(N)=O)cc2[nH]1. The van der Waals surface area contributed by atoms with Crippen LogP contribution in [0.25, 0.3) is 44.9 Å². The highest BCUT2D eigenvalue weighted by molar-refractivity contribution is 5.96. The highest BCUT2D eigenvalue weighted by atomic mass is 16.3. The molecule has 0 aliphatic carbocycles. The maximum absolute atomic E-state index is 11.4. The molecule has 152 valence electrons. The van der Waals surface area contributed by atoms with Crippen LogP contribution in [-0.4, -0.2) is 30.8 Å². The first kappa shape index (κ1) is 18.6. The lowest BCUT2D eigenvalue weighted by Gasteiger charge is -2.03. The molecular weight excluding hydrogens is 390 g/mol. The number of nitrogens with zero attached hydrogens (tertiary/aromatic N) is 3. The van der Waals surface area contributed by atoms with Crippen LogP contribution in [0.1, 0.15) is 10.4 Å². The van der Waals surface area contributed by atoms with Gasteiger partial charge in [0.05, 0.1) is 11.0 Å². The van der Waals surface area contributed by atoms with Gasteiger partial charge < -0.3 is 15.8 Å². The Morgan fingerprint density at radius 2 is 1.65 bits per heavy atom. The van der Waals surface area contributed by atoms with Crippen molar-refractivity contribution < 1.29 is 9.90 Å². The number of aromatic hydroxyl groups is 1. The summed E-state index contributed by atoms with van der Waals surface area (Å²) in [4.78, 5) is 19.1. The van der Waals surface area contributed by atoms with Crippen molar-refractivity contribution in [3.05, 3.63) is 78.4 Å². The Morgan fingerprint density at radius 3 is 2.35 bits per heavy atom. The lowest BCUT2D eigenvalue weighted by atomic mass is 10.0. The summed E-state index contributed by atoms with van der Waals surface area (Å²) in [6.07, 6.45) is 0. The molecule has 0 saturated heterocycles. The number of aryl methyl sites for hydroxylation is 1. The average Bonchev–Trinajstić information content (AvgIpc) is 3.33. The number of hydrogen-bond donors (Lipinski definition) is 3. The molecule has 2 aromatic heterocycles. The van der Waals surface area contributed by atoms with Gasteiger partial charge in [-0.25, -0.2) is 4.98 Å². The molecule has 7 nitrogen and oxygen atoms in total. The molecule has 5 rings (SSSR count). The first-order chi connectivity index (χ1) is 15.0. The second-order valence-corrected chi connectivity index (χ2v) is 7.29. The van der Waals surface area contributed by atoms with Crippen molar-refractivity contribution >= 4 is 16.9 Å². The first-order valence-electron chi connectivity index (χ1n) is 9.73. The third-order valence-corrected chi connectivity index (χ3v) is 5.28. The van der Waals surface area contributed by atoms with E-state index >= 15 is 0 Å². The van der Waals surface area contributed by atoms with E-state index in [2.05, 4.69) is 27.2 Å². The number of primary amides is 1. The number of hydrogen-bond acceptors (Lipinski definition) is 4. The minimum Gasteiger partial charge on any atom is -0.504 e. The fourth-order valence-corrected chi connectivity index (χ4v) is 3.70. The van der Waals surface area contributed by atoms with Crippen molar-refractivity contribution in [2.45, 2.75) is 0 Å². The van der Waals surface area contributed by atoms with E-state index in [9.17, 15) is 9.90 Å². The summed E-state index contributed by atoms with van der Waals surface area (Å²) in [5.41, 5.74) is 11.0. The molecule has 31 heavy (non-hydrogen) atoms. The van der Waals surface area contributed by atoms with Crippen LogP contribution in [0.4, 0.5) is 0 Å². The average molecular weight is 409 g/mol. The fraction of sp³-hybridized carbons (Fsp3) is 0.0417. The summed E-state index contributed by atoms with van der Waals surface area (Å²) in [5.74, 6) is -0.0249. The van der Waals surface area contributed by atoms with Crippen LogP contribution in [-0.2, 0) is 7.05 Å². The number of amides is 1. The van der Waals surface area contributed by atoms with E-state index in [1.807, 2.05) is 42.5 Å². The molecule has 5 aromatic rings. The van der Waals surface area contributed by atoms with E-state index < -0.39 is 5.91 Å². The van der Waals surface area contributed by atoms with Crippen LogP contribution in [0, 0.1) is 0 Å².